The lowest BCUT2D eigenvalue weighted by atomic mass is 9.85. The van der Waals surface area contributed by atoms with Gasteiger partial charge in [-0.05, 0) is 89.8 Å². The monoisotopic (exact) mass is 520 g/mol. The van der Waals surface area contributed by atoms with Gasteiger partial charge in [-0.2, -0.15) is 0 Å². The molecule has 2 aliphatic rings. The highest BCUT2D eigenvalue weighted by molar-refractivity contribution is 6.00. The van der Waals surface area contributed by atoms with Gasteiger partial charge < -0.3 is 10.5 Å². The molecule has 1 aliphatic heterocycles. The Morgan fingerprint density at radius 1 is 1.00 bits per heavy atom. The first kappa shape index (κ1) is 26.4. The number of hydrogen-bond acceptors (Lipinski definition) is 3. The maximum atomic E-state index is 14.7. The molecule has 1 saturated heterocycles. The molecule has 1 aliphatic carbocycles. The number of aryl methyl sites for hydroxylation is 1. The molecule has 3 aromatic rings. The minimum absolute atomic E-state index is 0.0462. The summed E-state index contributed by atoms with van der Waals surface area (Å²) < 4.78 is 48.2. The summed E-state index contributed by atoms with van der Waals surface area (Å²) in [6, 6.07) is 20.7. The van der Waals surface area contributed by atoms with Gasteiger partial charge in [0.05, 0.1) is 6.67 Å². The van der Waals surface area contributed by atoms with Crippen LogP contribution in [0.25, 0.3) is 11.1 Å². The van der Waals surface area contributed by atoms with Gasteiger partial charge >= 0.3 is 0 Å². The lowest BCUT2D eigenvalue weighted by Crippen LogP contribution is -2.26. The molecular weight excluding hydrogens is 485 g/mol. The maximum Gasteiger partial charge on any atom is 0.271 e. The fourth-order valence-electron chi connectivity index (χ4n) is 5.81. The highest BCUT2D eigenvalue weighted by atomic mass is 19.3. The Morgan fingerprint density at radius 3 is 2.55 bits per heavy atom. The zero-order chi connectivity index (χ0) is 26.7. The van der Waals surface area contributed by atoms with Gasteiger partial charge in [0.25, 0.3) is 5.92 Å². The molecule has 1 heterocycles. The summed E-state index contributed by atoms with van der Waals surface area (Å²) in [5, 5.41) is 0. The molecule has 0 aromatic heterocycles. The number of nitrogens with two attached hydrogens (primary N) is 1. The zero-order valence-electron chi connectivity index (χ0n) is 21.9. The third kappa shape index (κ3) is 5.75. The number of ether oxygens (including phenoxy) is 1. The number of allylic oxidation sites excluding steroid dienone is 1. The van der Waals surface area contributed by atoms with Crippen LogP contribution in [0.5, 0.6) is 5.75 Å². The number of likely N-dealkylation sites (tertiary alicyclic amines) is 1. The number of anilines is 1. The summed E-state index contributed by atoms with van der Waals surface area (Å²) in [5.74, 6) is -2.18. The number of fused-ring (bicyclic) bond motifs is 1. The predicted molar refractivity (Wildman–Crippen MR) is 148 cm³/mol. The van der Waals surface area contributed by atoms with Gasteiger partial charge in [-0.3, -0.25) is 9.29 Å². The number of alkyl halides is 3. The van der Waals surface area contributed by atoms with E-state index in [1.165, 1.54) is 6.07 Å². The smallest absolute Gasteiger partial charge is 0.271 e. The summed E-state index contributed by atoms with van der Waals surface area (Å²) in [4.78, 5) is 2.24. The summed E-state index contributed by atoms with van der Waals surface area (Å²) in [5.41, 5.74) is 12.5. The second-order valence-electron chi connectivity index (χ2n) is 10.5. The number of benzene rings is 3. The molecule has 0 amide bonds. The molecule has 1 fully saturated rings. The molecule has 3 nitrogen and oxygen atoms in total. The molecule has 2 N–H and O–H groups in total. The van der Waals surface area contributed by atoms with Gasteiger partial charge in [-0.15, -0.1) is 0 Å². The van der Waals surface area contributed by atoms with Gasteiger partial charge in [-0.25, -0.2) is 8.78 Å². The van der Waals surface area contributed by atoms with Crippen LogP contribution in [0, 0.1) is 0 Å². The largest absolute Gasteiger partial charge is 0.489 e. The molecule has 0 spiro atoms. The van der Waals surface area contributed by atoms with E-state index in [1.807, 2.05) is 54.6 Å². The van der Waals surface area contributed by atoms with Gasteiger partial charge in [-0.1, -0.05) is 42.5 Å². The Balaban J connectivity index is 1.53. The topological polar surface area (TPSA) is 38.5 Å². The molecule has 38 heavy (non-hydrogen) atoms. The molecule has 3 aromatic carbocycles. The number of halogens is 3. The van der Waals surface area contributed by atoms with Crippen LogP contribution in [-0.4, -0.2) is 37.3 Å². The van der Waals surface area contributed by atoms with Crippen LogP contribution in [0.4, 0.5) is 18.9 Å². The second-order valence-corrected chi connectivity index (χ2v) is 10.5. The highest BCUT2D eigenvalue weighted by Gasteiger charge is 2.30. The van der Waals surface area contributed by atoms with Crippen LogP contribution < -0.4 is 10.5 Å². The van der Waals surface area contributed by atoms with Gasteiger partial charge in [0.1, 0.15) is 11.9 Å². The first-order valence-corrected chi connectivity index (χ1v) is 13.5. The minimum atomic E-state index is -2.96. The molecule has 5 rings (SSSR count). The van der Waals surface area contributed by atoms with Crippen molar-refractivity contribution in [1.82, 2.24) is 4.90 Å². The number of rotatable bonds is 8. The number of nitrogens with zero attached hydrogens (tertiary/aromatic N) is 1. The average Bonchev–Trinajstić information content (AvgIpc) is 3.26. The van der Waals surface area contributed by atoms with Crippen molar-refractivity contribution in [3.8, 4) is 5.75 Å². The van der Waals surface area contributed by atoms with Crippen LogP contribution in [0.3, 0.4) is 0 Å². The number of hydrogen-bond donors (Lipinski definition) is 1. The molecule has 1 unspecified atom stereocenters. The van der Waals surface area contributed by atoms with E-state index in [1.54, 1.807) is 6.07 Å². The van der Waals surface area contributed by atoms with Crippen molar-refractivity contribution in [2.75, 3.05) is 32.0 Å². The minimum Gasteiger partial charge on any atom is -0.489 e. The Bertz CT molecular complexity index is 1300. The molecule has 6 heteroatoms. The standard InChI is InChI=1S/C32H35F3N2O/c1-32(34,35)30-9-3-2-7-28(30)29-8-4-6-23-20-24(36)12-15-27(23)31(29)22-10-13-25(14-11-22)38-26-16-19-37(21-26)18-5-17-33/h2-3,7,9-15,20,26H,4-6,8,16-19,21,36H2,1H3. The van der Waals surface area contributed by atoms with Gasteiger partial charge in [0, 0.05) is 37.8 Å². The van der Waals surface area contributed by atoms with E-state index in [2.05, 4.69) is 4.90 Å². The van der Waals surface area contributed by atoms with E-state index in [0.717, 1.165) is 79.4 Å². The maximum absolute atomic E-state index is 14.7. The van der Waals surface area contributed by atoms with Crippen molar-refractivity contribution in [3.05, 3.63) is 94.5 Å². The van der Waals surface area contributed by atoms with Gasteiger partial charge in [0.15, 0.2) is 0 Å². The molecule has 1 atom stereocenters. The Hall–Kier alpha value is -3.25. The van der Waals surface area contributed by atoms with E-state index in [9.17, 15) is 13.2 Å². The van der Waals surface area contributed by atoms with Crippen LogP contribution in [-0.2, 0) is 12.3 Å². The first-order chi connectivity index (χ1) is 18.3. The van der Waals surface area contributed by atoms with Crippen LogP contribution in [0.15, 0.2) is 66.7 Å². The SMILES string of the molecule is CC(F)(F)c1ccccc1C1=C(c2ccc(OC3CCN(CCCF)C3)cc2)c2ccc(N)cc2CCC1. The third-order valence-corrected chi connectivity index (χ3v) is 7.58. The lowest BCUT2D eigenvalue weighted by Gasteiger charge is -2.22. The van der Waals surface area contributed by atoms with E-state index in [-0.39, 0.29) is 18.3 Å². The van der Waals surface area contributed by atoms with Crippen molar-refractivity contribution < 1.29 is 17.9 Å². The van der Waals surface area contributed by atoms with E-state index < -0.39 is 5.92 Å². The first-order valence-electron chi connectivity index (χ1n) is 13.5. The molecule has 200 valence electrons. The Morgan fingerprint density at radius 2 is 1.79 bits per heavy atom. The molecule has 0 bridgehead atoms. The van der Waals surface area contributed by atoms with Crippen LogP contribution in [0.1, 0.15) is 60.4 Å². The van der Waals surface area contributed by atoms with E-state index in [4.69, 9.17) is 10.5 Å². The molecule has 0 saturated carbocycles. The summed E-state index contributed by atoms with van der Waals surface area (Å²) >= 11 is 0. The zero-order valence-corrected chi connectivity index (χ0v) is 21.9. The van der Waals surface area contributed by atoms with Gasteiger partial charge in [0.2, 0.25) is 0 Å². The second kappa shape index (κ2) is 11.2. The lowest BCUT2D eigenvalue weighted by molar-refractivity contribution is 0.0172. The normalized spacial score (nSPS) is 18.4. The van der Waals surface area contributed by atoms with Crippen LogP contribution in [0.2, 0.25) is 0 Å². The van der Waals surface area contributed by atoms with Crippen molar-refractivity contribution in [1.29, 1.82) is 0 Å². The van der Waals surface area contributed by atoms with Crippen molar-refractivity contribution in [3.63, 3.8) is 0 Å². The summed E-state index contributed by atoms with van der Waals surface area (Å²) in [7, 11) is 0. The summed E-state index contributed by atoms with van der Waals surface area (Å²) in [6.07, 6.45) is 3.92. The van der Waals surface area contributed by atoms with Crippen molar-refractivity contribution in [2.24, 2.45) is 0 Å². The van der Waals surface area contributed by atoms with E-state index in [0.29, 0.717) is 24.1 Å². The summed E-state index contributed by atoms with van der Waals surface area (Å²) in [6.45, 7) is 3.14. The van der Waals surface area contributed by atoms with Crippen molar-refractivity contribution in [2.45, 2.75) is 51.1 Å². The predicted octanol–water partition coefficient (Wildman–Crippen LogP) is 7.49. The van der Waals surface area contributed by atoms with E-state index >= 15 is 0 Å². The molecular formula is C32H35F3N2O. The Kier molecular flexibility index (Phi) is 7.80. The Labute approximate surface area is 223 Å². The van der Waals surface area contributed by atoms with Crippen LogP contribution >= 0.6 is 0 Å². The fourth-order valence-corrected chi connectivity index (χ4v) is 5.81. The quantitative estimate of drug-likeness (QED) is 0.313. The number of nitrogen functional groups attached to an aromatic ring is 1. The highest BCUT2D eigenvalue weighted by Crippen LogP contribution is 2.44. The third-order valence-electron chi connectivity index (χ3n) is 7.58. The molecule has 0 radical (unpaired) electrons. The fraction of sp³-hybridized carbons (Fsp3) is 0.375. The van der Waals surface area contributed by atoms with Crippen molar-refractivity contribution >= 4 is 16.8 Å². The average molecular weight is 521 g/mol.